The Labute approximate surface area is 145 Å². The molecule has 0 aromatic heterocycles. The SMILES string of the molecule is CC(=O)N(Cc1ccccc1)/C(=C/SC#N)c1ccc(Cl)cc1. The molecule has 5 heteroatoms. The smallest absolute Gasteiger partial charge is 0.224 e. The largest absolute Gasteiger partial charge is 0.307 e. The minimum Gasteiger partial charge on any atom is -0.307 e. The fourth-order valence-electron chi connectivity index (χ4n) is 2.12. The van der Waals surface area contributed by atoms with Crippen LogP contribution in [0.4, 0.5) is 0 Å². The van der Waals surface area contributed by atoms with Gasteiger partial charge in [-0.25, -0.2) is 0 Å². The summed E-state index contributed by atoms with van der Waals surface area (Å²) in [6.45, 7) is 1.96. The summed E-state index contributed by atoms with van der Waals surface area (Å²) in [4.78, 5) is 13.8. The van der Waals surface area contributed by atoms with Crippen LogP contribution in [0.2, 0.25) is 5.02 Å². The van der Waals surface area contributed by atoms with E-state index in [2.05, 4.69) is 0 Å². The molecule has 2 aromatic rings. The predicted octanol–water partition coefficient (Wildman–Crippen LogP) is 4.90. The van der Waals surface area contributed by atoms with Gasteiger partial charge in [0, 0.05) is 17.4 Å². The minimum atomic E-state index is -0.0893. The predicted molar refractivity (Wildman–Crippen MR) is 95.3 cm³/mol. The van der Waals surface area contributed by atoms with E-state index in [-0.39, 0.29) is 5.91 Å². The van der Waals surface area contributed by atoms with Crippen molar-refractivity contribution >= 4 is 35.0 Å². The lowest BCUT2D eigenvalue weighted by molar-refractivity contribution is -0.126. The van der Waals surface area contributed by atoms with Crippen LogP contribution in [0.3, 0.4) is 0 Å². The van der Waals surface area contributed by atoms with Crippen molar-refractivity contribution in [1.29, 1.82) is 5.26 Å². The van der Waals surface area contributed by atoms with E-state index in [0.717, 1.165) is 22.9 Å². The molecule has 0 heterocycles. The van der Waals surface area contributed by atoms with Gasteiger partial charge in [0.25, 0.3) is 0 Å². The Morgan fingerprint density at radius 1 is 1.22 bits per heavy atom. The van der Waals surface area contributed by atoms with Crippen molar-refractivity contribution in [3.8, 4) is 5.40 Å². The van der Waals surface area contributed by atoms with Gasteiger partial charge in [-0.15, -0.1) is 0 Å². The molecule has 116 valence electrons. The van der Waals surface area contributed by atoms with Crippen LogP contribution < -0.4 is 0 Å². The lowest BCUT2D eigenvalue weighted by Gasteiger charge is -2.24. The maximum Gasteiger partial charge on any atom is 0.224 e. The Morgan fingerprint density at radius 2 is 1.87 bits per heavy atom. The van der Waals surface area contributed by atoms with E-state index in [1.807, 2.05) is 47.9 Å². The zero-order valence-corrected chi connectivity index (χ0v) is 14.1. The van der Waals surface area contributed by atoms with Gasteiger partial charge in [-0.05, 0) is 35.0 Å². The molecule has 1 amide bonds. The van der Waals surface area contributed by atoms with E-state index in [1.165, 1.54) is 6.92 Å². The number of thiocyanates is 1. The molecular weight excluding hydrogens is 328 g/mol. The lowest BCUT2D eigenvalue weighted by Crippen LogP contribution is -2.26. The quantitative estimate of drug-likeness (QED) is 0.726. The zero-order valence-electron chi connectivity index (χ0n) is 12.6. The highest BCUT2D eigenvalue weighted by molar-refractivity contribution is 8.06. The number of carbonyl (C=O) groups excluding carboxylic acids is 1. The van der Waals surface area contributed by atoms with Crippen molar-refractivity contribution in [2.24, 2.45) is 0 Å². The van der Waals surface area contributed by atoms with Crippen molar-refractivity contribution in [3.63, 3.8) is 0 Å². The lowest BCUT2D eigenvalue weighted by atomic mass is 10.1. The van der Waals surface area contributed by atoms with Crippen molar-refractivity contribution in [1.82, 2.24) is 4.90 Å². The van der Waals surface area contributed by atoms with E-state index >= 15 is 0 Å². The Morgan fingerprint density at radius 3 is 2.43 bits per heavy atom. The molecule has 0 fully saturated rings. The van der Waals surface area contributed by atoms with Crippen LogP contribution in [-0.4, -0.2) is 10.8 Å². The van der Waals surface area contributed by atoms with Gasteiger partial charge in [-0.3, -0.25) is 4.79 Å². The number of nitrogens with zero attached hydrogens (tertiary/aromatic N) is 2. The molecule has 0 aliphatic carbocycles. The summed E-state index contributed by atoms with van der Waals surface area (Å²) < 4.78 is 0. The van der Waals surface area contributed by atoms with Crippen molar-refractivity contribution in [2.75, 3.05) is 0 Å². The van der Waals surface area contributed by atoms with E-state index in [1.54, 1.807) is 22.4 Å². The third-order valence-electron chi connectivity index (χ3n) is 3.22. The van der Waals surface area contributed by atoms with Crippen LogP contribution in [0.5, 0.6) is 0 Å². The Bertz CT molecular complexity index is 736. The number of amides is 1. The van der Waals surface area contributed by atoms with Gasteiger partial charge in [0.15, 0.2) is 0 Å². The first kappa shape index (κ1) is 17.1. The first-order valence-corrected chi connectivity index (χ1v) is 8.20. The standard InChI is InChI=1S/C18H15ClN2OS/c1-14(22)21(11-15-5-3-2-4-6-15)18(12-23-13-20)16-7-9-17(19)10-8-16/h2-10,12H,11H2,1H3/b18-12+. The molecule has 0 radical (unpaired) electrons. The number of hydrogen-bond acceptors (Lipinski definition) is 3. The molecule has 0 aliphatic heterocycles. The first-order valence-electron chi connectivity index (χ1n) is 6.94. The fraction of sp³-hybridized carbons (Fsp3) is 0.111. The van der Waals surface area contributed by atoms with Crippen LogP contribution in [0.1, 0.15) is 18.1 Å². The molecule has 0 bridgehead atoms. The average Bonchev–Trinajstić information content (AvgIpc) is 2.56. The molecule has 0 spiro atoms. The summed E-state index contributed by atoms with van der Waals surface area (Å²) in [6, 6.07) is 16.9. The molecule has 0 N–H and O–H groups in total. The van der Waals surface area contributed by atoms with Crippen molar-refractivity contribution in [3.05, 3.63) is 76.2 Å². The minimum absolute atomic E-state index is 0.0893. The molecule has 0 atom stereocenters. The van der Waals surface area contributed by atoms with Crippen molar-refractivity contribution < 1.29 is 4.79 Å². The topological polar surface area (TPSA) is 44.1 Å². The van der Waals surface area contributed by atoms with Gasteiger partial charge < -0.3 is 4.90 Å². The number of carbonyl (C=O) groups is 1. The molecule has 2 rings (SSSR count). The number of hydrogen-bond donors (Lipinski definition) is 0. The second-order valence-corrected chi connectivity index (χ2v) is 5.90. The van der Waals surface area contributed by atoms with Gasteiger partial charge in [-0.2, -0.15) is 5.26 Å². The summed E-state index contributed by atoms with van der Waals surface area (Å²) >= 11 is 6.92. The molecule has 2 aromatic carbocycles. The number of nitriles is 1. The monoisotopic (exact) mass is 342 g/mol. The maximum absolute atomic E-state index is 12.2. The highest BCUT2D eigenvalue weighted by Crippen LogP contribution is 2.26. The molecule has 0 unspecified atom stereocenters. The van der Waals surface area contributed by atoms with E-state index in [9.17, 15) is 4.79 Å². The van der Waals surface area contributed by atoms with Gasteiger partial charge >= 0.3 is 0 Å². The normalized spacial score (nSPS) is 10.9. The summed E-state index contributed by atoms with van der Waals surface area (Å²) in [5, 5.41) is 13.2. The molecule has 0 saturated heterocycles. The third kappa shape index (κ3) is 4.88. The van der Waals surface area contributed by atoms with Gasteiger partial charge in [-0.1, -0.05) is 54.1 Å². The van der Waals surface area contributed by atoms with Crippen LogP contribution in [0.15, 0.2) is 60.0 Å². The molecule has 23 heavy (non-hydrogen) atoms. The highest BCUT2D eigenvalue weighted by atomic mass is 35.5. The summed E-state index contributed by atoms with van der Waals surface area (Å²) in [7, 11) is 0. The fourth-order valence-corrected chi connectivity index (χ4v) is 2.68. The summed E-state index contributed by atoms with van der Waals surface area (Å²) in [6.07, 6.45) is 0. The van der Waals surface area contributed by atoms with Gasteiger partial charge in [0.2, 0.25) is 5.91 Å². The maximum atomic E-state index is 12.2. The Kier molecular flexibility index (Phi) is 6.28. The van der Waals surface area contributed by atoms with Crippen molar-refractivity contribution in [2.45, 2.75) is 13.5 Å². The average molecular weight is 343 g/mol. The second-order valence-electron chi connectivity index (χ2n) is 4.81. The summed E-state index contributed by atoms with van der Waals surface area (Å²) in [5.74, 6) is -0.0893. The first-order chi connectivity index (χ1) is 11.1. The van der Waals surface area contributed by atoms with Crippen LogP contribution >= 0.6 is 23.4 Å². The van der Waals surface area contributed by atoms with E-state index in [0.29, 0.717) is 17.3 Å². The number of benzene rings is 2. The highest BCUT2D eigenvalue weighted by Gasteiger charge is 2.17. The zero-order chi connectivity index (χ0) is 16.7. The molecular formula is C18H15ClN2OS. The van der Waals surface area contributed by atoms with Crippen LogP contribution in [0, 0.1) is 10.7 Å². The van der Waals surface area contributed by atoms with Gasteiger partial charge in [0.1, 0.15) is 5.40 Å². The molecule has 0 saturated carbocycles. The number of halogens is 1. The van der Waals surface area contributed by atoms with Gasteiger partial charge in [0.05, 0.1) is 12.2 Å². The number of rotatable bonds is 5. The van der Waals surface area contributed by atoms with E-state index < -0.39 is 0 Å². The van der Waals surface area contributed by atoms with Crippen LogP contribution in [-0.2, 0) is 11.3 Å². The second kappa shape index (κ2) is 8.42. The molecule has 3 nitrogen and oxygen atoms in total. The van der Waals surface area contributed by atoms with Crippen LogP contribution in [0.25, 0.3) is 5.70 Å². The molecule has 0 aliphatic rings. The Balaban J connectivity index is 2.39. The third-order valence-corrected chi connectivity index (χ3v) is 3.92. The van der Waals surface area contributed by atoms with E-state index in [4.69, 9.17) is 16.9 Å². The summed E-state index contributed by atoms with van der Waals surface area (Å²) in [5.41, 5.74) is 2.54. The Hall–Kier alpha value is -2.22. The number of thioether (sulfide) groups is 1.